The second kappa shape index (κ2) is 6.22. The quantitative estimate of drug-likeness (QED) is 0.816. The lowest BCUT2D eigenvalue weighted by atomic mass is 10.3. The van der Waals surface area contributed by atoms with Gasteiger partial charge in [0.1, 0.15) is 16.3 Å². The first-order chi connectivity index (χ1) is 9.88. The van der Waals surface area contributed by atoms with Crippen molar-refractivity contribution in [1.82, 2.24) is 15.5 Å². The molecule has 0 atom stereocenters. The van der Waals surface area contributed by atoms with Crippen LogP contribution < -0.4 is 11.1 Å². The third-order valence-corrected chi connectivity index (χ3v) is 3.53. The van der Waals surface area contributed by atoms with Crippen molar-refractivity contribution in [3.05, 3.63) is 17.1 Å². The largest absolute Gasteiger partial charge is 0.411 e. The summed E-state index contributed by atoms with van der Waals surface area (Å²) >= 11 is 1.07. The molecule has 3 N–H and O–H groups in total. The Hall–Kier alpha value is -1.94. The van der Waals surface area contributed by atoms with Crippen LogP contribution in [0.2, 0.25) is 0 Å². The van der Waals surface area contributed by atoms with Gasteiger partial charge in [0.2, 0.25) is 0 Å². The van der Waals surface area contributed by atoms with Crippen LogP contribution in [0, 0.1) is 0 Å². The number of nitrogens with one attached hydrogen (secondary N) is 1. The lowest BCUT2D eigenvalue weighted by Crippen LogP contribution is -2.28. The summed E-state index contributed by atoms with van der Waals surface area (Å²) in [5, 5.41) is 10.6. The SMILES string of the molecule is Nc1c(C(=O)NCCOCC(F)(F)F)sc2nnccc12. The third-order valence-electron chi connectivity index (χ3n) is 2.42. The van der Waals surface area contributed by atoms with E-state index in [0.717, 1.165) is 11.3 Å². The molecule has 10 heteroatoms. The Labute approximate surface area is 121 Å². The van der Waals surface area contributed by atoms with E-state index in [0.29, 0.717) is 10.2 Å². The fourth-order valence-corrected chi connectivity index (χ4v) is 2.50. The van der Waals surface area contributed by atoms with Crippen LogP contribution in [0.1, 0.15) is 9.67 Å². The van der Waals surface area contributed by atoms with E-state index >= 15 is 0 Å². The van der Waals surface area contributed by atoms with Crippen LogP contribution in [0.15, 0.2) is 12.3 Å². The molecule has 0 aliphatic heterocycles. The van der Waals surface area contributed by atoms with Crippen LogP contribution in [0.25, 0.3) is 10.2 Å². The molecule has 0 saturated heterocycles. The number of nitrogens with zero attached hydrogens (tertiary/aromatic N) is 2. The molecular formula is C11H11F3N4O2S. The van der Waals surface area contributed by atoms with Gasteiger partial charge in [-0.1, -0.05) is 0 Å². The van der Waals surface area contributed by atoms with Gasteiger partial charge in [0.25, 0.3) is 5.91 Å². The molecule has 0 aliphatic carbocycles. The predicted molar refractivity (Wildman–Crippen MR) is 71.0 cm³/mol. The number of ether oxygens (including phenoxy) is 1. The fraction of sp³-hybridized carbons (Fsp3) is 0.364. The standard InChI is InChI=1S/C11H11F3N4O2S/c12-11(13,14)5-20-4-3-16-9(19)8-7(15)6-1-2-17-18-10(6)21-8/h1-2H,3-5,15H2,(H,16,19). The molecule has 21 heavy (non-hydrogen) atoms. The molecule has 0 saturated carbocycles. The van der Waals surface area contributed by atoms with Gasteiger partial charge in [-0.25, -0.2) is 0 Å². The third kappa shape index (κ3) is 4.02. The molecule has 0 bridgehead atoms. The second-order valence-corrected chi connectivity index (χ2v) is 5.02. The number of fused-ring (bicyclic) bond motifs is 1. The number of hydrogen-bond acceptors (Lipinski definition) is 6. The molecule has 6 nitrogen and oxygen atoms in total. The first-order valence-electron chi connectivity index (χ1n) is 5.81. The molecule has 0 fully saturated rings. The summed E-state index contributed by atoms with van der Waals surface area (Å²) in [6.07, 6.45) is -2.92. The normalized spacial score (nSPS) is 11.8. The molecule has 1 amide bonds. The number of rotatable bonds is 5. The summed E-state index contributed by atoms with van der Waals surface area (Å²) in [6, 6.07) is 1.64. The zero-order valence-electron chi connectivity index (χ0n) is 10.6. The van der Waals surface area contributed by atoms with E-state index in [1.807, 2.05) is 0 Å². The number of hydrogen-bond donors (Lipinski definition) is 2. The van der Waals surface area contributed by atoms with Crippen LogP contribution in [-0.2, 0) is 4.74 Å². The molecule has 2 aromatic rings. The number of nitrogen functional groups attached to an aromatic ring is 1. The highest BCUT2D eigenvalue weighted by Gasteiger charge is 2.27. The fourth-order valence-electron chi connectivity index (χ4n) is 1.55. The number of carbonyl (C=O) groups excluding carboxylic acids is 1. The van der Waals surface area contributed by atoms with Gasteiger partial charge in [0, 0.05) is 11.9 Å². The van der Waals surface area contributed by atoms with E-state index in [2.05, 4.69) is 20.3 Å². The van der Waals surface area contributed by atoms with Crippen molar-refractivity contribution >= 4 is 33.1 Å². The van der Waals surface area contributed by atoms with E-state index in [1.54, 1.807) is 6.07 Å². The number of halogens is 3. The highest BCUT2D eigenvalue weighted by molar-refractivity contribution is 7.21. The maximum Gasteiger partial charge on any atom is 0.411 e. The van der Waals surface area contributed by atoms with Crippen molar-refractivity contribution in [3.8, 4) is 0 Å². The smallest absolute Gasteiger partial charge is 0.397 e. The molecule has 0 radical (unpaired) electrons. The first-order valence-corrected chi connectivity index (χ1v) is 6.62. The molecule has 2 heterocycles. The van der Waals surface area contributed by atoms with Crippen molar-refractivity contribution < 1.29 is 22.7 Å². The Morgan fingerprint density at radius 1 is 1.48 bits per heavy atom. The van der Waals surface area contributed by atoms with E-state index in [4.69, 9.17) is 5.73 Å². The summed E-state index contributed by atoms with van der Waals surface area (Å²) in [5.41, 5.74) is 6.11. The maximum atomic E-state index is 11.9. The minimum absolute atomic E-state index is 0.0473. The summed E-state index contributed by atoms with van der Waals surface area (Å²) in [5.74, 6) is -0.480. The summed E-state index contributed by atoms with van der Waals surface area (Å²) < 4.78 is 39.9. The molecule has 0 unspecified atom stereocenters. The van der Waals surface area contributed by atoms with E-state index in [1.165, 1.54) is 6.20 Å². The summed E-state index contributed by atoms with van der Waals surface area (Å²) in [6.45, 7) is -1.63. The zero-order chi connectivity index (χ0) is 15.5. The van der Waals surface area contributed by atoms with Crippen molar-refractivity contribution in [2.75, 3.05) is 25.5 Å². The Morgan fingerprint density at radius 3 is 2.90 bits per heavy atom. The number of amides is 1. The molecule has 2 rings (SSSR count). The Balaban J connectivity index is 1.89. The Kier molecular flexibility index (Phi) is 4.58. The van der Waals surface area contributed by atoms with E-state index < -0.39 is 18.7 Å². The predicted octanol–water partition coefficient (Wildman–Crippen LogP) is 1.58. The summed E-state index contributed by atoms with van der Waals surface area (Å²) in [7, 11) is 0. The minimum atomic E-state index is -4.38. The molecular weight excluding hydrogens is 309 g/mol. The van der Waals surface area contributed by atoms with Crippen LogP contribution in [0.4, 0.5) is 18.9 Å². The second-order valence-electron chi connectivity index (χ2n) is 4.02. The molecule has 2 aromatic heterocycles. The topological polar surface area (TPSA) is 90.1 Å². The van der Waals surface area contributed by atoms with Crippen molar-refractivity contribution in [2.24, 2.45) is 0 Å². The van der Waals surface area contributed by atoms with Gasteiger partial charge < -0.3 is 15.8 Å². The van der Waals surface area contributed by atoms with Gasteiger partial charge >= 0.3 is 6.18 Å². The Morgan fingerprint density at radius 2 is 2.24 bits per heavy atom. The van der Waals surface area contributed by atoms with Gasteiger partial charge in [-0.3, -0.25) is 4.79 Å². The van der Waals surface area contributed by atoms with E-state index in [9.17, 15) is 18.0 Å². The monoisotopic (exact) mass is 320 g/mol. The molecule has 0 aromatic carbocycles. The lowest BCUT2D eigenvalue weighted by molar-refractivity contribution is -0.173. The lowest BCUT2D eigenvalue weighted by Gasteiger charge is -2.08. The number of nitrogens with two attached hydrogens (primary N) is 1. The maximum absolute atomic E-state index is 11.9. The van der Waals surface area contributed by atoms with Gasteiger partial charge in [0.05, 0.1) is 18.5 Å². The highest BCUT2D eigenvalue weighted by Crippen LogP contribution is 2.31. The van der Waals surface area contributed by atoms with Gasteiger partial charge in [-0.05, 0) is 6.07 Å². The van der Waals surface area contributed by atoms with Crippen molar-refractivity contribution in [2.45, 2.75) is 6.18 Å². The van der Waals surface area contributed by atoms with Crippen LogP contribution in [0.5, 0.6) is 0 Å². The number of alkyl halides is 3. The van der Waals surface area contributed by atoms with Crippen LogP contribution >= 0.6 is 11.3 Å². The average molecular weight is 320 g/mol. The van der Waals surface area contributed by atoms with Gasteiger partial charge in [-0.2, -0.15) is 18.3 Å². The number of anilines is 1. The highest BCUT2D eigenvalue weighted by atomic mass is 32.1. The number of aromatic nitrogens is 2. The number of carbonyl (C=O) groups is 1. The zero-order valence-corrected chi connectivity index (χ0v) is 11.4. The van der Waals surface area contributed by atoms with Crippen LogP contribution in [-0.4, -0.2) is 42.0 Å². The van der Waals surface area contributed by atoms with Gasteiger partial charge in [-0.15, -0.1) is 16.4 Å². The molecule has 0 aliphatic rings. The van der Waals surface area contributed by atoms with E-state index in [-0.39, 0.29) is 23.7 Å². The van der Waals surface area contributed by atoms with Crippen molar-refractivity contribution in [3.63, 3.8) is 0 Å². The van der Waals surface area contributed by atoms with Crippen LogP contribution in [0.3, 0.4) is 0 Å². The molecule has 0 spiro atoms. The minimum Gasteiger partial charge on any atom is -0.397 e. The number of thiophene rings is 1. The average Bonchev–Trinajstić information content (AvgIpc) is 2.75. The Bertz CT molecular complexity index is 644. The van der Waals surface area contributed by atoms with Crippen molar-refractivity contribution in [1.29, 1.82) is 0 Å². The summed E-state index contributed by atoms with van der Waals surface area (Å²) in [4.78, 5) is 12.7. The first kappa shape index (κ1) is 15.4. The van der Waals surface area contributed by atoms with Gasteiger partial charge in [0.15, 0.2) is 0 Å². The molecule has 114 valence electrons.